The van der Waals surface area contributed by atoms with Gasteiger partial charge in [0.1, 0.15) is 5.69 Å². The molecule has 0 bridgehead atoms. The second-order valence-corrected chi connectivity index (χ2v) is 8.07. The summed E-state index contributed by atoms with van der Waals surface area (Å²) >= 11 is 3.63. The summed E-state index contributed by atoms with van der Waals surface area (Å²) in [6.45, 7) is 12.1. The Hall–Kier alpha value is -1.69. The molecule has 0 spiro atoms. The summed E-state index contributed by atoms with van der Waals surface area (Å²) < 4.78 is 17.7. The standard InChI is InChI=1S/C21H29BrN3O3P/c1-6-17-14(5)20(21(28-29(26)27)18(7-2)19(17)22)24-23-15-10-12-16(13-11-15)25(8-3)9-4/h10-13,29H,6-9H2,1-5H3,(H,26,27). The van der Waals surface area contributed by atoms with Gasteiger partial charge >= 0.3 is 8.25 Å². The molecule has 0 heterocycles. The van der Waals surface area contributed by atoms with Crippen LogP contribution in [0.3, 0.4) is 0 Å². The zero-order valence-electron chi connectivity index (χ0n) is 17.6. The molecule has 158 valence electrons. The van der Waals surface area contributed by atoms with Crippen LogP contribution in [0.5, 0.6) is 5.75 Å². The summed E-state index contributed by atoms with van der Waals surface area (Å²) in [5.74, 6) is 0.323. The lowest BCUT2D eigenvalue weighted by Gasteiger charge is -2.20. The first-order valence-electron chi connectivity index (χ1n) is 9.89. The number of benzene rings is 2. The van der Waals surface area contributed by atoms with E-state index >= 15 is 0 Å². The van der Waals surface area contributed by atoms with E-state index in [9.17, 15) is 9.46 Å². The van der Waals surface area contributed by atoms with Crippen molar-refractivity contribution in [3.8, 4) is 5.75 Å². The summed E-state index contributed by atoms with van der Waals surface area (Å²) in [4.78, 5) is 11.7. The fourth-order valence-electron chi connectivity index (χ4n) is 3.38. The highest BCUT2D eigenvalue weighted by atomic mass is 79.9. The van der Waals surface area contributed by atoms with E-state index in [1.54, 1.807) is 0 Å². The fourth-order valence-corrected chi connectivity index (χ4v) is 4.82. The average molecular weight is 482 g/mol. The Kier molecular flexibility index (Phi) is 8.87. The molecule has 8 heteroatoms. The maximum Gasteiger partial charge on any atom is 0.365 e. The van der Waals surface area contributed by atoms with Crippen molar-refractivity contribution in [1.82, 2.24) is 0 Å². The minimum absolute atomic E-state index is 0.323. The van der Waals surface area contributed by atoms with Crippen LogP contribution in [0.25, 0.3) is 0 Å². The molecule has 0 amide bonds. The van der Waals surface area contributed by atoms with Gasteiger partial charge in [-0.25, -0.2) is 4.57 Å². The predicted molar refractivity (Wildman–Crippen MR) is 124 cm³/mol. The number of halogens is 1. The van der Waals surface area contributed by atoms with Crippen molar-refractivity contribution in [2.45, 2.75) is 47.5 Å². The lowest BCUT2D eigenvalue weighted by molar-refractivity contribution is 0.409. The monoisotopic (exact) mass is 481 g/mol. The molecule has 0 saturated carbocycles. The van der Waals surface area contributed by atoms with E-state index < -0.39 is 8.25 Å². The molecule has 0 aliphatic rings. The van der Waals surface area contributed by atoms with Crippen molar-refractivity contribution >= 4 is 41.2 Å². The number of hydrogen-bond donors (Lipinski definition) is 1. The molecule has 0 radical (unpaired) electrons. The molecule has 0 aromatic heterocycles. The Morgan fingerprint density at radius 3 is 2.10 bits per heavy atom. The van der Waals surface area contributed by atoms with Gasteiger partial charge in [0.25, 0.3) is 0 Å². The van der Waals surface area contributed by atoms with Gasteiger partial charge in [-0.3, -0.25) is 0 Å². The first-order chi connectivity index (χ1) is 13.9. The largest absolute Gasteiger partial charge is 0.424 e. The Bertz CT molecular complexity index is 897. The third kappa shape index (κ3) is 5.47. The zero-order chi connectivity index (χ0) is 21.6. The molecule has 1 atom stereocenters. The van der Waals surface area contributed by atoms with Crippen molar-refractivity contribution in [2.24, 2.45) is 10.2 Å². The summed E-state index contributed by atoms with van der Waals surface area (Å²) in [6.07, 6.45) is 1.44. The van der Waals surface area contributed by atoms with Crippen LogP contribution in [0.2, 0.25) is 0 Å². The van der Waals surface area contributed by atoms with E-state index in [-0.39, 0.29) is 0 Å². The summed E-state index contributed by atoms with van der Waals surface area (Å²) in [6, 6.07) is 7.88. The van der Waals surface area contributed by atoms with Crippen molar-refractivity contribution < 1.29 is 14.0 Å². The predicted octanol–water partition coefficient (Wildman–Crippen LogP) is 6.90. The van der Waals surface area contributed by atoms with Crippen LogP contribution in [-0.4, -0.2) is 18.0 Å². The lowest BCUT2D eigenvalue weighted by atomic mass is 9.98. The SMILES string of the molecule is CCc1c(C)c(N=Nc2ccc(N(CC)CC)cc2)c(O[PH](=O)O)c(CC)c1Br. The highest BCUT2D eigenvalue weighted by Gasteiger charge is 2.21. The van der Waals surface area contributed by atoms with Crippen LogP contribution in [-0.2, 0) is 17.4 Å². The number of rotatable bonds is 9. The Balaban J connectivity index is 2.51. The van der Waals surface area contributed by atoms with Gasteiger partial charge in [0, 0.05) is 28.8 Å². The van der Waals surface area contributed by atoms with Gasteiger partial charge in [-0.15, -0.1) is 5.11 Å². The first kappa shape index (κ1) is 23.6. The molecular weight excluding hydrogens is 453 g/mol. The highest BCUT2D eigenvalue weighted by molar-refractivity contribution is 9.10. The maximum atomic E-state index is 11.5. The van der Waals surface area contributed by atoms with E-state index in [1.807, 2.05) is 38.1 Å². The van der Waals surface area contributed by atoms with Crippen molar-refractivity contribution in [1.29, 1.82) is 0 Å². The highest BCUT2D eigenvalue weighted by Crippen LogP contribution is 2.46. The van der Waals surface area contributed by atoms with Crippen LogP contribution in [0.1, 0.15) is 44.4 Å². The quantitative estimate of drug-likeness (QED) is 0.312. The average Bonchev–Trinajstić information content (AvgIpc) is 2.70. The lowest BCUT2D eigenvalue weighted by Crippen LogP contribution is -2.21. The van der Waals surface area contributed by atoms with E-state index in [0.717, 1.165) is 46.4 Å². The van der Waals surface area contributed by atoms with Crippen molar-refractivity contribution in [3.05, 3.63) is 45.4 Å². The van der Waals surface area contributed by atoms with Crippen LogP contribution in [0.15, 0.2) is 39.0 Å². The fraction of sp³-hybridized carbons (Fsp3) is 0.429. The van der Waals surface area contributed by atoms with Gasteiger partial charge in [0.15, 0.2) is 5.75 Å². The third-order valence-electron chi connectivity index (χ3n) is 4.97. The number of hydrogen-bond acceptors (Lipinski definition) is 5. The normalized spacial score (nSPS) is 12.4. The smallest absolute Gasteiger partial charge is 0.365 e. The van der Waals surface area contributed by atoms with Crippen molar-refractivity contribution in [2.75, 3.05) is 18.0 Å². The van der Waals surface area contributed by atoms with E-state index in [1.165, 1.54) is 0 Å². The molecule has 0 fully saturated rings. The number of azo groups is 1. The van der Waals surface area contributed by atoms with Gasteiger partial charge < -0.3 is 14.3 Å². The summed E-state index contributed by atoms with van der Waals surface area (Å²) in [5, 5.41) is 8.81. The van der Waals surface area contributed by atoms with Gasteiger partial charge in [-0.1, -0.05) is 29.8 Å². The molecule has 2 aromatic rings. The maximum absolute atomic E-state index is 11.5. The van der Waals surface area contributed by atoms with Gasteiger partial charge in [0.05, 0.1) is 5.69 Å². The summed E-state index contributed by atoms with van der Waals surface area (Å²) in [5.41, 5.74) is 5.16. The van der Waals surface area contributed by atoms with Crippen molar-refractivity contribution in [3.63, 3.8) is 0 Å². The Morgan fingerprint density at radius 2 is 1.62 bits per heavy atom. The minimum atomic E-state index is -3.17. The van der Waals surface area contributed by atoms with Crippen LogP contribution in [0.4, 0.5) is 17.1 Å². The van der Waals surface area contributed by atoms with Crippen LogP contribution < -0.4 is 9.42 Å². The Morgan fingerprint density at radius 1 is 1.03 bits per heavy atom. The van der Waals surface area contributed by atoms with Gasteiger partial charge in [-0.2, -0.15) is 5.11 Å². The molecule has 0 saturated heterocycles. The van der Waals surface area contributed by atoms with E-state index in [2.05, 4.69) is 51.8 Å². The van der Waals surface area contributed by atoms with Crippen LogP contribution in [0, 0.1) is 6.92 Å². The van der Waals surface area contributed by atoms with E-state index in [4.69, 9.17) is 4.52 Å². The van der Waals surface area contributed by atoms with Gasteiger partial charge in [0.2, 0.25) is 0 Å². The van der Waals surface area contributed by atoms with Crippen LogP contribution >= 0.6 is 24.2 Å². The minimum Gasteiger partial charge on any atom is -0.424 e. The molecule has 1 N–H and O–H groups in total. The summed E-state index contributed by atoms with van der Waals surface area (Å²) in [7, 11) is -3.17. The number of anilines is 1. The molecule has 2 rings (SSSR count). The molecule has 0 aliphatic carbocycles. The first-order valence-corrected chi connectivity index (χ1v) is 11.9. The molecule has 6 nitrogen and oxygen atoms in total. The topological polar surface area (TPSA) is 74.5 Å². The molecule has 0 aliphatic heterocycles. The molecule has 2 aromatic carbocycles. The zero-order valence-corrected chi connectivity index (χ0v) is 20.2. The second kappa shape index (κ2) is 10.9. The van der Waals surface area contributed by atoms with E-state index in [0.29, 0.717) is 23.5 Å². The van der Waals surface area contributed by atoms with Gasteiger partial charge in [-0.05, 0) is 69.0 Å². The molecular formula is C21H29BrN3O3P. The second-order valence-electron chi connectivity index (χ2n) is 6.54. The molecule has 1 unspecified atom stereocenters. The third-order valence-corrected chi connectivity index (χ3v) is 6.30. The Labute approximate surface area is 182 Å². The molecule has 29 heavy (non-hydrogen) atoms. The number of nitrogens with zero attached hydrogens (tertiary/aromatic N) is 3.